The Balaban J connectivity index is 1.82. The second-order valence-electron chi connectivity index (χ2n) is 6.15. The van der Waals surface area contributed by atoms with E-state index in [2.05, 4.69) is 24.5 Å². The summed E-state index contributed by atoms with van der Waals surface area (Å²) >= 11 is 6.28. The van der Waals surface area contributed by atoms with E-state index in [4.69, 9.17) is 16.3 Å². The Hall–Kier alpha value is -0.730. The first-order valence-corrected chi connectivity index (χ1v) is 8.27. The van der Waals surface area contributed by atoms with Crippen LogP contribution in [0, 0.1) is 5.92 Å². The SMILES string of the molecule is CNC1CCCCCC1Cc1cc(Cl)cc2c1OCC2. The number of hydrogen-bond donors (Lipinski definition) is 1. The summed E-state index contributed by atoms with van der Waals surface area (Å²) in [5.74, 6) is 1.82. The minimum absolute atomic E-state index is 0.633. The van der Waals surface area contributed by atoms with E-state index in [0.717, 1.165) is 30.2 Å². The summed E-state index contributed by atoms with van der Waals surface area (Å²) in [5.41, 5.74) is 2.61. The van der Waals surface area contributed by atoms with Crippen LogP contribution in [0.4, 0.5) is 0 Å². The molecule has 0 aromatic heterocycles. The Morgan fingerprint density at radius 3 is 2.95 bits per heavy atom. The lowest BCUT2D eigenvalue weighted by atomic mass is 9.87. The number of fused-ring (bicyclic) bond motifs is 1. The summed E-state index contributed by atoms with van der Waals surface area (Å²) in [4.78, 5) is 0. The van der Waals surface area contributed by atoms with E-state index >= 15 is 0 Å². The summed E-state index contributed by atoms with van der Waals surface area (Å²) < 4.78 is 5.85. The van der Waals surface area contributed by atoms with Crippen molar-refractivity contribution in [3.63, 3.8) is 0 Å². The zero-order chi connectivity index (χ0) is 13.9. The minimum atomic E-state index is 0.633. The molecule has 2 nitrogen and oxygen atoms in total. The molecule has 1 fully saturated rings. The fourth-order valence-corrected chi connectivity index (χ4v) is 4.05. The van der Waals surface area contributed by atoms with Crippen LogP contribution in [-0.4, -0.2) is 19.7 Å². The highest BCUT2D eigenvalue weighted by Gasteiger charge is 2.25. The second-order valence-corrected chi connectivity index (χ2v) is 6.59. The number of halogens is 1. The van der Waals surface area contributed by atoms with E-state index in [1.807, 2.05) is 0 Å². The Morgan fingerprint density at radius 1 is 1.25 bits per heavy atom. The van der Waals surface area contributed by atoms with Crippen molar-refractivity contribution in [3.05, 3.63) is 28.3 Å². The van der Waals surface area contributed by atoms with Crippen LogP contribution in [-0.2, 0) is 12.8 Å². The molecule has 1 aromatic rings. The maximum Gasteiger partial charge on any atom is 0.125 e. The van der Waals surface area contributed by atoms with E-state index in [1.54, 1.807) is 0 Å². The van der Waals surface area contributed by atoms with Crippen LogP contribution in [0.5, 0.6) is 5.75 Å². The van der Waals surface area contributed by atoms with Crippen LogP contribution in [0.15, 0.2) is 12.1 Å². The molecule has 1 aliphatic carbocycles. The molecule has 1 aliphatic heterocycles. The first kappa shape index (κ1) is 14.2. The molecule has 0 amide bonds. The van der Waals surface area contributed by atoms with Crippen molar-refractivity contribution in [2.45, 2.75) is 51.0 Å². The van der Waals surface area contributed by atoms with Crippen molar-refractivity contribution < 1.29 is 4.74 Å². The first-order valence-electron chi connectivity index (χ1n) is 7.89. The van der Waals surface area contributed by atoms with Crippen LogP contribution in [0.25, 0.3) is 0 Å². The second kappa shape index (κ2) is 6.36. The lowest BCUT2D eigenvalue weighted by Gasteiger charge is -2.25. The quantitative estimate of drug-likeness (QED) is 0.851. The monoisotopic (exact) mass is 293 g/mol. The minimum Gasteiger partial charge on any atom is -0.493 e. The van der Waals surface area contributed by atoms with Crippen LogP contribution in [0.3, 0.4) is 0 Å². The zero-order valence-electron chi connectivity index (χ0n) is 12.3. The van der Waals surface area contributed by atoms with Gasteiger partial charge in [0.05, 0.1) is 6.61 Å². The summed E-state index contributed by atoms with van der Waals surface area (Å²) in [6.07, 6.45) is 8.78. The Kier molecular flexibility index (Phi) is 4.52. The van der Waals surface area contributed by atoms with Gasteiger partial charge in [0.2, 0.25) is 0 Å². The third-order valence-corrected chi connectivity index (χ3v) is 5.06. The number of nitrogens with one attached hydrogen (secondary N) is 1. The van der Waals surface area contributed by atoms with Gasteiger partial charge in [0.25, 0.3) is 0 Å². The molecule has 2 unspecified atom stereocenters. The van der Waals surface area contributed by atoms with Crippen molar-refractivity contribution in [3.8, 4) is 5.75 Å². The largest absolute Gasteiger partial charge is 0.493 e. The molecule has 2 aliphatic rings. The highest BCUT2D eigenvalue weighted by atomic mass is 35.5. The van der Waals surface area contributed by atoms with E-state index in [1.165, 1.54) is 43.2 Å². The lowest BCUT2D eigenvalue weighted by Crippen LogP contribution is -2.33. The topological polar surface area (TPSA) is 21.3 Å². The summed E-state index contributed by atoms with van der Waals surface area (Å²) in [6, 6.07) is 4.81. The third-order valence-electron chi connectivity index (χ3n) is 4.84. The van der Waals surface area contributed by atoms with Gasteiger partial charge in [-0.1, -0.05) is 30.9 Å². The Bertz CT molecular complexity index is 474. The van der Waals surface area contributed by atoms with Crippen molar-refractivity contribution in [2.75, 3.05) is 13.7 Å². The van der Waals surface area contributed by atoms with Crippen LogP contribution < -0.4 is 10.1 Å². The van der Waals surface area contributed by atoms with Gasteiger partial charge >= 0.3 is 0 Å². The molecular weight excluding hydrogens is 270 g/mol. The molecule has 1 aromatic carbocycles. The van der Waals surface area contributed by atoms with Crippen LogP contribution in [0.2, 0.25) is 5.02 Å². The molecule has 3 heteroatoms. The van der Waals surface area contributed by atoms with E-state index < -0.39 is 0 Å². The molecule has 0 spiro atoms. The maximum absolute atomic E-state index is 6.28. The molecule has 1 heterocycles. The van der Waals surface area contributed by atoms with Crippen molar-refractivity contribution in [1.29, 1.82) is 0 Å². The van der Waals surface area contributed by atoms with Gasteiger partial charge in [-0.15, -0.1) is 0 Å². The number of benzene rings is 1. The molecular formula is C17H24ClNO. The highest BCUT2D eigenvalue weighted by Crippen LogP contribution is 2.36. The molecule has 0 radical (unpaired) electrons. The summed E-state index contributed by atoms with van der Waals surface area (Å²) in [7, 11) is 2.10. The van der Waals surface area contributed by atoms with Gasteiger partial charge in [-0.05, 0) is 55.5 Å². The smallest absolute Gasteiger partial charge is 0.125 e. The van der Waals surface area contributed by atoms with E-state index in [9.17, 15) is 0 Å². The Morgan fingerprint density at radius 2 is 2.10 bits per heavy atom. The molecule has 1 N–H and O–H groups in total. The zero-order valence-corrected chi connectivity index (χ0v) is 13.0. The van der Waals surface area contributed by atoms with Crippen LogP contribution in [0.1, 0.15) is 43.2 Å². The van der Waals surface area contributed by atoms with Crippen LogP contribution >= 0.6 is 11.6 Å². The molecule has 110 valence electrons. The van der Waals surface area contributed by atoms with Gasteiger partial charge in [-0.3, -0.25) is 0 Å². The lowest BCUT2D eigenvalue weighted by molar-refractivity contribution is 0.331. The van der Waals surface area contributed by atoms with E-state index in [0.29, 0.717) is 12.0 Å². The summed E-state index contributed by atoms with van der Waals surface area (Å²) in [6.45, 7) is 0.808. The maximum atomic E-state index is 6.28. The van der Waals surface area contributed by atoms with Crippen molar-refractivity contribution in [2.24, 2.45) is 5.92 Å². The summed E-state index contributed by atoms with van der Waals surface area (Å²) in [5, 5.41) is 4.38. The predicted octanol–water partition coefficient (Wildman–Crippen LogP) is 3.99. The average molecular weight is 294 g/mol. The van der Waals surface area contributed by atoms with Crippen molar-refractivity contribution >= 4 is 11.6 Å². The molecule has 0 saturated heterocycles. The van der Waals surface area contributed by atoms with Gasteiger partial charge in [0.1, 0.15) is 5.75 Å². The number of rotatable bonds is 3. The van der Waals surface area contributed by atoms with Gasteiger partial charge in [-0.2, -0.15) is 0 Å². The molecule has 1 saturated carbocycles. The number of ether oxygens (including phenoxy) is 1. The van der Waals surface area contributed by atoms with Crippen molar-refractivity contribution in [1.82, 2.24) is 5.32 Å². The standard InChI is InChI=1S/C17H24ClNO/c1-19-16-6-4-2-3-5-12(16)9-14-11-15(18)10-13-7-8-20-17(13)14/h10-12,16,19H,2-9H2,1H3. The Labute approximate surface area is 126 Å². The number of hydrogen-bond acceptors (Lipinski definition) is 2. The molecule has 3 rings (SSSR count). The average Bonchev–Trinajstić information content (AvgIpc) is 2.78. The van der Waals surface area contributed by atoms with E-state index in [-0.39, 0.29) is 0 Å². The predicted molar refractivity (Wildman–Crippen MR) is 83.8 cm³/mol. The fraction of sp³-hybridized carbons (Fsp3) is 0.647. The molecule has 2 atom stereocenters. The normalized spacial score (nSPS) is 25.9. The van der Waals surface area contributed by atoms with Gasteiger partial charge in [0, 0.05) is 17.5 Å². The molecule has 20 heavy (non-hydrogen) atoms. The fourth-order valence-electron chi connectivity index (χ4n) is 3.79. The van der Waals surface area contributed by atoms with Gasteiger partial charge in [0.15, 0.2) is 0 Å². The molecule has 0 bridgehead atoms. The third kappa shape index (κ3) is 2.96. The van der Waals surface area contributed by atoms with Gasteiger partial charge < -0.3 is 10.1 Å². The first-order chi connectivity index (χ1) is 9.78. The highest BCUT2D eigenvalue weighted by molar-refractivity contribution is 6.30. The van der Waals surface area contributed by atoms with Gasteiger partial charge in [-0.25, -0.2) is 0 Å².